The van der Waals surface area contributed by atoms with Crippen LogP contribution in [0.3, 0.4) is 0 Å². The van der Waals surface area contributed by atoms with Crippen molar-refractivity contribution in [1.29, 1.82) is 0 Å². The molecule has 0 aromatic carbocycles. The second kappa shape index (κ2) is 13.2. The standard InChI is InChI=1S/C19H38N4O/c1-4-6-7-8-9-14-22(3)19(20-5-2)21-13-10-15-23-16-11-18(24)12-17-23/h4,18,24H,1,5-17H2,2-3H3,(H,20,21). The van der Waals surface area contributed by atoms with Crippen LogP contribution in [-0.2, 0) is 0 Å². The number of hydrogen-bond acceptors (Lipinski definition) is 3. The Labute approximate surface area is 148 Å². The minimum Gasteiger partial charge on any atom is -0.393 e. The molecule has 1 rings (SSSR count). The second-order valence-electron chi connectivity index (χ2n) is 6.72. The number of likely N-dealkylation sites (tertiary alicyclic amines) is 1. The van der Waals surface area contributed by atoms with Crippen LogP contribution in [0.2, 0.25) is 0 Å². The van der Waals surface area contributed by atoms with Crippen molar-refractivity contribution in [2.45, 2.75) is 58.0 Å². The zero-order valence-corrected chi connectivity index (χ0v) is 15.8. The highest BCUT2D eigenvalue weighted by Crippen LogP contribution is 2.10. The largest absolute Gasteiger partial charge is 0.393 e. The summed E-state index contributed by atoms with van der Waals surface area (Å²) in [5, 5.41) is 12.9. The summed E-state index contributed by atoms with van der Waals surface area (Å²) in [5.74, 6) is 1.02. The summed E-state index contributed by atoms with van der Waals surface area (Å²) in [6, 6.07) is 0. The quantitative estimate of drug-likeness (QED) is 0.263. The lowest BCUT2D eigenvalue weighted by Crippen LogP contribution is -2.40. The van der Waals surface area contributed by atoms with Crippen LogP contribution in [0, 0.1) is 0 Å². The van der Waals surface area contributed by atoms with Crippen LogP contribution in [0.1, 0.15) is 51.9 Å². The average molecular weight is 339 g/mol. The number of rotatable bonds is 11. The molecule has 0 atom stereocenters. The van der Waals surface area contributed by atoms with Crippen LogP contribution in [0.4, 0.5) is 0 Å². The highest BCUT2D eigenvalue weighted by Gasteiger charge is 2.16. The van der Waals surface area contributed by atoms with Gasteiger partial charge >= 0.3 is 0 Å². The first-order valence-electron chi connectivity index (χ1n) is 9.68. The van der Waals surface area contributed by atoms with E-state index in [-0.39, 0.29) is 6.10 Å². The summed E-state index contributed by atoms with van der Waals surface area (Å²) in [6.45, 7) is 11.8. The molecule has 0 radical (unpaired) electrons. The van der Waals surface area contributed by atoms with E-state index in [1.807, 2.05) is 6.08 Å². The van der Waals surface area contributed by atoms with Gasteiger partial charge < -0.3 is 20.2 Å². The van der Waals surface area contributed by atoms with Gasteiger partial charge in [0, 0.05) is 39.8 Å². The molecule has 0 amide bonds. The number of hydrogen-bond donors (Lipinski definition) is 2. The molecule has 5 nitrogen and oxygen atoms in total. The topological polar surface area (TPSA) is 51.1 Å². The summed E-state index contributed by atoms with van der Waals surface area (Å²) in [7, 11) is 2.13. The predicted octanol–water partition coefficient (Wildman–Crippen LogP) is 2.48. The number of unbranched alkanes of at least 4 members (excludes halogenated alkanes) is 3. The van der Waals surface area contributed by atoms with Gasteiger partial charge in [0.05, 0.1) is 6.10 Å². The van der Waals surface area contributed by atoms with E-state index >= 15 is 0 Å². The Balaban J connectivity index is 2.23. The molecular weight excluding hydrogens is 300 g/mol. The smallest absolute Gasteiger partial charge is 0.193 e. The number of aliphatic hydroxyl groups is 1. The molecule has 0 aromatic heterocycles. The minimum atomic E-state index is -0.0836. The van der Waals surface area contributed by atoms with E-state index in [0.717, 1.165) is 70.9 Å². The van der Waals surface area contributed by atoms with Crippen LogP contribution >= 0.6 is 0 Å². The Kier molecular flexibility index (Phi) is 11.6. The molecule has 1 aliphatic heterocycles. The molecule has 1 aliphatic rings. The molecule has 0 unspecified atom stereocenters. The molecule has 1 saturated heterocycles. The fraction of sp³-hybridized carbons (Fsp3) is 0.842. The van der Waals surface area contributed by atoms with E-state index in [2.05, 4.69) is 35.7 Å². The second-order valence-corrected chi connectivity index (χ2v) is 6.72. The van der Waals surface area contributed by atoms with Gasteiger partial charge in [-0.1, -0.05) is 12.5 Å². The first-order valence-corrected chi connectivity index (χ1v) is 9.68. The SMILES string of the molecule is C=CCCCCCN(C)C(=NCCCN1CCC(O)CC1)NCC. The van der Waals surface area contributed by atoms with Crippen LogP contribution in [0.5, 0.6) is 0 Å². The van der Waals surface area contributed by atoms with Crippen molar-refractivity contribution in [3.05, 3.63) is 12.7 Å². The number of aliphatic hydroxyl groups excluding tert-OH is 1. The van der Waals surface area contributed by atoms with Gasteiger partial charge in [0.15, 0.2) is 5.96 Å². The third-order valence-electron chi connectivity index (χ3n) is 4.55. The Morgan fingerprint density at radius 1 is 1.29 bits per heavy atom. The van der Waals surface area contributed by atoms with Gasteiger partial charge in [0.25, 0.3) is 0 Å². The number of nitrogens with one attached hydrogen (secondary N) is 1. The number of allylic oxidation sites excluding steroid dienone is 1. The number of aliphatic imine (C=N–C) groups is 1. The number of piperidine rings is 1. The zero-order chi connectivity index (χ0) is 17.6. The molecule has 5 heteroatoms. The Morgan fingerprint density at radius 3 is 2.71 bits per heavy atom. The molecule has 0 saturated carbocycles. The molecule has 24 heavy (non-hydrogen) atoms. The van der Waals surface area contributed by atoms with Gasteiger partial charge in [-0.2, -0.15) is 0 Å². The van der Waals surface area contributed by atoms with E-state index in [1.54, 1.807) is 0 Å². The van der Waals surface area contributed by atoms with Crippen molar-refractivity contribution in [2.75, 3.05) is 46.3 Å². The van der Waals surface area contributed by atoms with Gasteiger partial charge in [-0.15, -0.1) is 6.58 Å². The van der Waals surface area contributed by atoms with E-state index in [4.69, 9.17) is 4.99 Å². The predicted molar refractivity (Wildman–Crippen MR) is 104 cm³/mol. The third kappa shape index (κ3) is 9.28. The lowest BCUT2D eigenvalue weighted by atomic mass is 10.1. The normalized spacial score (nSPS) is 17.0. The van der Waals surface area contributed by atoms with Crippen molar-refractivity contribution in [1.82, 2.24) is 15.1 Å². The highest BCUT2D eigenvalue weighted by atomic mass is 16.3. The van der Waals surface area contributed by atoms with Crippen LogP contribution in [0.25, 0.3) is 0 Å². The van der Waals surface area contributed by atoms with Gasteiger partial charge in [-0.05, 0) is 52.0 Å². The first-order chi connectivity index (χ1) is 11.7. The van der Waals surface area contributed by atoms with Crippen LogP contribution in [-0.4, -0.2) is 73.3 Å². The average Bonchev–Trinajstić information content (AvgIpc) is 2.59. The van der Waals surface area contributed by atoms with Gasteiger partial charge in [-0.3, -0.25) is 4.99 Å². The fourth-order valence-corrected chi connectivity index (χ4v) is 3.01. The van der Waals surface area contributed by atoms with Crippen molar-refractivity contribution < 1.29 is 5.11 Å². The maximum atomic E-state index is 9.54. The maximum Gasteiger partial charge on any atom is 0.193 e. The van der Waals surface area contributed by atoms with Crippen molar-refractivity contribution in [2.24, 2.45) is 4.99 Å². The summed E-state index contributed by atoms with van der Waals surface area (Å²) >= 11 is 0. The highest BCUT2D eigenvalue weighted by molar-refractivity contribution is 5.79. The molecule has 0 aliphatic carbocycles. The summed E-state index contributed by atoms with van der Waals surface area (Å²) in [4.78, 5) is 9.45. The summed E-state index contributed by atoms with van der Waals surface area (Å²) < 4.78 is 0. The third-order valence-corrected chi connectivity index (χ3v) is 4.55. The minimum absolute atomic E-state index is 0.0836. The number of guanidine groups is 1. The molecule has 140 valence electrons. The van der Waals surface area contributed by atoms with Crippen molar-refractivity contribution >= 4 is 5.96 Å². The van der Waals surface area contributed by atoms with E-state index in [0.29, 0.717) is 0 Å². The number of nitrogens with zero attached hydrogens (tertiary/aromatic N) is 3. The molecule has 0 aromatic rings. The first kappa shape index (κ1) is 21.0. The lowest BCUT2D eigenvalue weighted by molar-refractivity contribution is 0.0824. The van der Waals surface area contributed by atoms with Gasteiger partial charge in [-0.25, -0.2) is 0 Å². The molecular formula is C19H38N4O. The fourth-order valence-electron chi connectivity index (χ4n) is 3.01. The van der Waals surface area contributed by atoms with Crippen molar-refractivity contribution in [3.8, 4) is 0 Å². The Hall–Kier alpha value is -1.07. The Morgan fingerprint density at radius 2 is 2.04 bits per heavy atom. The lowest BCUT2D eigenvalue weighted by Gasteiger charge is -2.29. The van der Waals surface area contributed by atoms with E-state index in [9.17, 15) is 5.11 Å². The van der Waals surface area contributed by atoms with Gasteiger partial charge in [0.1, 0.15) is 0 Å². The van der Waals surface area contributed by atoms with E-state index < -0.39 is 0 Å². The molecule has 0 spiro atoms. The molecule has 0 bridgehead atoms. The molecule has 2 N–H and O–H groups in total. The van der Waals surface area contributed by atoms with Crippen molar-refractivity contribution in [3.63, 3.8) is 0 Å². The maximum absolute atomic E-state index is 9.54. The van der Waals surface area contributed by atoms with Crippen LogP contribution < -0.4 is 5.32 Å². The summed E-state index contributed by atoms with van der Waals surface area (Å²) in [5.41, 5.74) is 0. The summed E-state index contributed by atoms with van der Waals surface area (Å²) in [6.07, 6.45) is 9.62. The monoisotopic (exact) mass is 338 g/mol. The van der Waals surface area contributed by atoms with Crippen LogP contribution in [0.15, 0.2) is 17.6 Å². The Bertz CT molecular complexity index is 351. The van der Waals surface area contributed by atoms with Gasteiger partial charge in [0.2, 0.25) is 0 Å². The molecule has 1 heterocycles. The molecule has 1 fully saturated rings. The zero-order valence-electron chi connectivity index (χ0n) is 15.8. The van der Waals surface area contributed by atoms with E-state index in [1.165, 1.54) is 19.3 Å².